The van der Waals surface area contributed by atoms with E-state index in [-0.39, 0.29) is 12.1 Å². The van der Waals surface area contributed by atoms with Crippen molar-refractivity contribution < 1.29 is 28.7 Å². The molecule has 2 aliphatic carbocycles. The summed E-state index contributed by atoms with van der Waals surface area (Å²) in [5, 5.41) is 8.70. The van der Waals surface area contributed by atoms with Crippen LogP contribution in [0.1, 0.15) is 84.0 Å². The zero-order valence-corrected chi connectivity index (χ0v) is 22.4. The second-order valence-corrected chi connectivity index (χ2v) is 10.0. The first-order valence-electron chi connectivity index (χ1n) is 13.6. The van der Waals surface area contributed by atoms with E-state index in [1.165, 1.54) is 0 Å². The van der Waals surface area contributed by atoms with Gasteiger partial charge in [-0.25, -0.2) is 4.79 Å². The lowest BCUT2D eigenvalue weighted by Crippen LogP contribution is -2.64. The number of carbonyl (C=O) groups is 4. The first kappa shape index (κ1) is 30.0. The van der Waals surface area contributed by atoms with Crippen molar-refractivity contribution in [3.8, 4) is 0 Å². The van der Waals surface area contributed by atoms with Crippen molar-refractivity contribution in [2.45, 2.75) is 102 Å². The number of rotatable bonds is 15. The Hall–Kier alpha value is -2.20. The average molecular weight is 511 g/mol. The van der Waals surface area contributed by atoms with Crippen LogP contribution >= 0.6 is 0 Å². The highest BCUT2D eigenvalue weighted by Crippen LogP contribution is 2.29. The summed E-state index contributed by atoms with van der Waals surface area (Å²) in [5.74, 6) is -1.63. The Kier molecular flexibility index (Phi) is 13.2. The number of unbranched alkanes of at least 4 members (excludes halogenated alkanes) is 1. The fraction of sp³-hybridized carbons (Fsp3) is 0.846. The minimum atomic E-state index is -1.12. The van der Waals surface area contributed by atoms with Gasteiger partial charge in [-0.1, -0.05) is 51.9 Å². The van der Waals surface area contributed by atoms with Gasteiger partial charge in [-0.2, -0.15) is 0 Å². The van der Waals surface area contributed by atoms with Crippen LogP contribution < -0.4 is 16.0 Å². The SMILES string of the molecule is CCCCC(NC(=O)C1(NC(=O)N(CCOC)CCOC)CCCCC1)C(=O)C(=O)NC1CCCC1. The number of Topliss-reactive ketones (excluding diaryl/α,β-unsaturated/α-hetero) is 1. The van der Waals surface area contributed by atoms with Crippen molar-refractivity contribution in [1.82, 2.24) is 20.9 Å². The van der Waals surface area contributed by atoms with Crippen LogP contribution in [0.25, 0.3) is 0 Å². The summed E-state index contributed by atoms with van der Waals surface area (Å²) in [6.07, 6.45) is 9.29. The predicted molar refractivity (Wildman–Crippen MR) is 137 cm³/mol. The van der Waals surface area contributed by atoms with Gasteiger partial charge in [0.25, 0.3) is 5.91 Å². The van der Waals surface area contributed by atoms with E-state index in [2.05, 4.69) is 16.0 Å². The monoisotopic (exact) mass is 510 g/mol. The molecule has 2 rings (SSSR count). The number of amides is 4. The van der Waals surface area contributed by atoms with Crippen LogP contribution in [-0.4, -0.2) is 86.7 Å². The maximum atomic E-state index is 13.7. The third kappa shape index (κ3) is 9.03. The fourth-order valence-electron chi connectivity index (χ4n) is 5.02. The van der Waals surface area contributed by atoms with Crippen molar-refractivity contribution in [2.75, 3.05) is 40.5 Å². The van der Waals surface area contributed by atoms with Gasteiger partial charge in [0.2, 0.25) is 11.7 Å². The van der Waals surface area contributed by atoms with E-state index < -0.39 is 29.2 Å². The van der Waals surface area contributed by atoms with Gasteiger partial charge in [0.1, 0.15) is 5.54 Å². The van der Waals surface area contributed by atoms with Crippen molar-refractivity contribution in [2.24, 2.45) is 0 Å². The zero-order chi connectivity index (χ0) is 26.4. The molecule has 0 heterocycles. The van der Waals surface area contributed by atoms with Crippen LogP contribution in [0.3, 0.4) is 0 Å². The Morgan fingerprint density at radius 2 is 1.56 bits per heavy atom. The minimum Gasteiger partial charge on any atom is -0.383 e. The molecular weight excluding hydrogens is 464 g/mol. The minimum absolute atomic E-state index is 0.0261. The van der Waals surface area contributed by atoms with Crippen molar-refractivity contribution in [1.29, 1.82) is 0 Å². The largest absolute Gasteiger partial charge is 0.383 e. The van der Waals surface area contributed by atoms with Gasteiger partial charge in [-0.3, -0.25) is 14.4 Å². The summed E-state index contributed by atoms with van der Waals surface area (Å²) in [7, 11) is 3.14. The molecule has 206 valence electrons. The molecule has 1 atom stereocenters. The summed E-state index contributed by atoms with van der Waals surface area (Å²) in [4.78, 5) is 54.2. The number of nitrogens with zero attached hydrogens (tertiary/aromatic N) is 1. The highest BCUT2D eigenvalue weighted by molar-refractivity contribution is 6.38. The van der Waals surface area contributed by atoms with Crippen molar-refractivity contribution in [3.05, 3.63) is 0 Å². The first-order valence-corrected chi connectivity index (χ1v) is 13.6. The second kappa shape index (κ2) is 15.8. The van der Waals surface area contributed by atoms with Gasteiger partial charge in [-0.05, 0) is 32.1 Å². The number of hydrogen-bond acceptors (Lipinski definition) is 6. The molecule has 2 saturated carbocycles. The number of carbonyl (C=O) groups excluding carboxylic acids is 4. The third-order valence-corrected chi connectivity index (χ3v) is 7.29. The van der Waals surface area contributed by atoms with Crippen molar-refractivity contribution in [3.63, 3.8) is 0 Å². The molecule has 0 aromatic carbocycles. The van der Waals surface area contributed by atoms with Crippen molar-refractivity contribution >= 4 is 23.6 Å². The summed E-state index contributed by atoms with van der Waals surface area (Å²) < 4.78 is 10.3. The second-order valence-electron chi connectivity index (χ2n) is 10.0. The number of ether oxygens (including phenoxy) is 2. The molecule has 1 unspecified atom stereocenters. The Morgan fingerprint density at radius 1 is 0.944 bits per heavy atom. The molecule has 0 aliphatic heterocycles. The van der Waals surface area contributed by atoms with E-state index in [1.54, 1.807) is 19.1 Å². The number of methoxy groups -OCH3 is 2. The predicted octanol–water partition coefficient (Wildman–Crippen LogP) is 2.30. The number of urea groups is 1. The number of hydrogen-bond donors (Lipinski definition) is 3. The molecule has 10 nitrogen and oxygen atoms in total. The quantitative estimate of drug-likeness (QED) is 0.290. The lowest BCUT2D eigenvalue weighted by molar-refractivity contribution is -0.141. The van der Waals surface area contributed by atoms with Gasteiger partial charge in [-0.15, -0.1) is 0 Å². The van der Waals surface area contributed by atoms with Crippen LogP contribution in [0.5, 0.6) is 0 Å². The molecule has 0 saturated heterocycles. The molecule has 0 aromatic heterocycles. The maximum Gasteiger partial charge on any atom is 0.318 e. The van der Waals surface area contributed by atoms with Crippen LogP contribution in [0, 0.1) is 0 Å². The van der Waals surface area contributed by atoms with Crippen LogP contribution in [0.15, 0.2) is 0 Å². The molecule has 0 aromatic rings. The zero-order valence-electron chi connectivity index (χ0n) is 22.4. The molecule has 2 aliphatic rings. The van der Waals surface area contributed by atoms with E-state index in [4.69, 9.17) is 9.47 Å². The van der Waals surface area contributed by atoms with Gasteiger partial charge in [0, 0.05) is 33.4 Å². The van der Waals surface area contributed by atoms with Gasteiger partial charge < -0.3 is 30.3 Å². The van der Waals surface area contributed by atoms with E-state index in [1.807, 2.05) is 6.92 Å². The topological polar surface area (TPSA) is 126 Å². The van der Waals surface area contributed by atoms with Gasteiger partial charge in [0.15, 0.2) is 0 Å². The van der Waals surface area contributed by atoms with E-state index in [0.29, 0.717) is 52.0 Å². The molecule has 10 heteroatoms. The summed E-state index contributed by atoms with van der Waals surface area (Å²) in [6, 6.07) is -1.25. The Labute approximate surface area is 215 Å². The van der Waals surface area contributed by atoms with E-state index in [9.17, 15) is 19.2 Å². The molecule has 36 heavy (non-hydrogen) atoms. The normalized spacial score (nSPS) is 18.3. The molecule has 3 N–H and O–H groups in total. The average Bonchev–Trinajstić information content (AvgIpc) is 3.39. The van der Waals surface area contributed by atoms with Gasteiger partial charge in [0.05, 0.1) is 19.3 Å². The molecule has 0 bridgehead atoms. The smallest absolute Gasteiger partial charge is 0.318 e. The molecule has 0 radical (unpaired) electrons. The van der Waals surface area contributed by atoms with Crippen LogP contribution in [0.2, 0.25) is 0 Å². The molecule has 4 amide bonds. The fourth-order valence-corrected chi connectivity index (χ4v) is 5.02. The number of ketones is 1. The van der Waals surface area contributed by atoms with E-state index in [0.717, 1.165) is 51.4 Å². The maximum absolute atomic E-state index is 13.7. The highest BCUT2D eigenvalue weighted by atomic mass is 16.5. The summed E-state index contributed by atoms with van der Waals surface area (Å²) in [6.45, 7) is 3.45. The molecule has 0 spiro atoms. The first-order chi connectivity index (χ1) is 17.4. The Balaban J connectivity index is 2.14. The standard InChI is InChI=1S/C26H46N4O6/c1-4-5-13-21(22(31)23(32)27-20-11-7-8-12-20)28-24(33)26(14-9-6-10-15-26)29-25(34)30(16-18-35-2)17-19-36-3/h20-21H,4-19H2,1-3H3,(H,27,32)(H,28,33)(H,29,34). The Bertz CT molecular complexity index is 711. The van der Waals surface area contributed by atoms with Gasteiger partial charge >= 0.3 is 6.03 Å². The molecular formula is C26H46N4O6. The van der Waals surface area contributed by atoms with Crippen LogP contribution in [-0.2, 0) is 23.9 Å². The Morgan fingerprint density at radius 3 is 2.11 bits per heavy atom. The third-order valence-electron chi connectivity index (χ3n) is 7.29. The van der Waals surface area contributed by atoms with Crippen LogP contribution in [0.4, 0.5) is 4.79 Å². The summed E-state index contributed by atoms with van der Waals surface area (Å²) in [5.41, 5.74) is -1.12. The lowest BCUT2D eigenvalue weighted by atomic mass is 9.80. The number of nitrogens with one attached hydrogen (secondary N) is 3. The summed E-state index contributed by atoms with van der Waals surface area (Å²) >= 11 is 0. The highest BCUT2D eigenvalue weighted by Gasteiger charge is 2.43. The lowest BCUT2D eigenvalue weighted by Gasteiger charge is -2.39. The molecule has 2 fully saturated rings. The van der Waals surface area contributed by atoms with E-state index >= 15 is 0 Å².